The lowest BCUT2D eigenvalue weighted by Gasteiger charge is -2.32. The van der Waals surface area contributed by atoms with E-state index in [2.05, 4.69) is 20.5 Å². The molecule has 1 aliphatic heterocycles. The molecule has 5 aromatic rings. The zero-order chi connectivity index (χ0) is 32.8. The van der Waals surface area contributed by atoms with Gasteiger partial charge in [0, 0.05) is 36.6 Å². The smallest absolute Gasteiger partial charge is 0.251 e. The molecule has 0 radical (unpaired) electrons. The van der Waals surface area contributed by atoms with Crippen molar-refractivity contribution in [3.63, 3.8) is 0 Å². The largest absolute Gasteiger partial charge is 0.493 e. The van der Waals surface area contributed by atoms with Gasteiger partial charge in [-0.15, -0.1) is 5.10 Å². The molecule has 2 amide bonds. The molecule has 0 bridgehead atoms. The Morgan fingerprint density at radius 2 is 1.66 bits per heavy atom. The molecule has 0 saturated carbocycles. The van der Waals surface area contributed by atoms with Crippen LogP contribution in [0.15, 0.2) is 91.0 Å². The molecule has 2 heterocycles. The third-order valence-corrected chi connectivity index (χ3v) is 8.12. The van der Waals surface area contributed by atoms with Crippen molar-refractivity contribution in [1.29, 1.82) is 0 Å². The van der Waals surface area contributed by atoms with E-state index in [1.54, 1.807) is 42.5 Å². The van der Waals surface area contributed by atoms with Crippen LogP contribution in [0.1, 0.15) is 17.2 Å². The Bertz CT molecular complexity index is 1860. The van der Waals surface area contributed by atoms with Crippen LogP contribution in [0.2, 0.25) is 0 Å². The standard InChI is InChI=1S/C35H35FN6O5/c1-45-31-16-11-24(21-32(31)46-2)34(35(44)37-26-12-14-27(15-13-26)40-17-19-47-20-18-40)41(22-25-7-3-4-8-28(25)36)33(43)23-42-30-10-6-5-9-29(30)38-39-42/h3-16,21,34H,17-20,22-23H2,1-2H3,(H,37,44). The van der Waals surface area contributed by atoms with E-state index < -0.39 is 23.7 Å². The minimum Gasteiger partial charge on any atom is -0.493 e. The van der Waals surface area contributed by atoms with Gasteiger partial charge in [0.05, 0.1) is 33.0 Å². The van der Waals surface area contributed by atoms with Crippen LogP contribution in [0, 0.1) is 5.82 Å². The summed E-state index contributed by atoms with van der Waals surface area (Å²) in [5.74, 6) is -0.638. The first-order valence-corrected chi connectivity index (χ1v) is 15.2. The Kier molecular flexibility index (Phi) is 9.58. The van der Waals surface area contributed by atoms with Gasteiger partial charge in [-0.05, 0) is 60.2 Å². The van der Waals surface area contributed by atoms with Gasteiger partial charge in [0.15, 0.2) is 11.5 Å². The van der Waals surface area contributed by atoms with Gasteiger partial charge in [-0.25, -0.2) is 9.07 Å². The van der Waals surface area contributed by atoms with Gasteiger partial charge in [-0.2, -0.15) is 0 Å². The fourth-order valence-corrected chi connectivity index (χ4v) is 5.67. The van der Waals surface area contributed by atoms with Crippen LogP contribution in [0.5, 0.6) is 11.5 Å². The molecular weight excluding hydrogens is 603 g/mol. The highest BCUT2D eigenvalue weighted by atomic mass is 19.1. The van der Waals surface area contributed by atoms with Crippen molar-refractivity contribution in [2.75, 3.05) is 50.7 Å². The predicted molar refractivity (Wildman–Crippen MR) is 175 cm³/mol. The average molecular weight is 639 g/mol. The van der Waals surface area contributed by atoms with Crippen LogP contribution in [0.25, 0.3) is 11.0 Å². The summed E-state index contributed by atoms with van der Waals surface area (Å²) in [6.45, 7) is 2.44. The van der Waals surface area contributed by atoms with Crippen molar-refractivity contribution in [1.82, 2.24) is 19.9 Å². The third-order valence-electron chi connectivity index (χ3n) is 8.12. The Hall–Kier alpha value is -5.49. The number of methoxy groups -OCH3 is 2. The molecule has 1 unspecified atom stereocenters. The van der Waals surface area contributed by atoms with Crippen LogP contribution < -0.4 is 19.7 Å². The van der Waals surface area contributed by atoms with Gasteiger partial charge < -0.3 is 29.3 Å². The second-order valence-corrected chi connectivity index (χ2v) is 11.0. The van der Waals surface area contributed by atoms with Gasteiger partial charge in [0.1, 0.15) is 23.9 Å². The summed E-state index contributed by atoms with van der Waals surface area (Å²) in [4.78, 5) is 32.2. The van der Waals surface area contributed by atoms with Crippen LogP contribution in [-0.4, -0.2) is 72.2 Å². The topological polar surface area (TPSA) is 111 Å². The summed E-state index contributed by atoms with van der Waals surface area (Å²) in [6, 6.07) is 24.8. The van der Waals surface area contributed by atoms with E-state index >= 15 is 4.39 Å². The molecule has 4 aromatic carbocycles. The summed E-state index contributed by atoms with van der Waals surface area (Å²) >= 11 is 0. The molecule has 1 aliphatic rings. The summed E-state index contributed by atoms with van der Waals surface area (Å²) in [5.41, 5.74) is 3.52. The number of benzene rings is 4. The van der Waals surface area contributed by atoms with Gasteiger partial charge >= 0.3 is 0 Å². The second kappa shape index (κ2) is 14.3. The summed E-state index contributed by atoms with van der Waals surface area (Å²) in [6.07, 6.45) is 0. The Labute approximate surface area is 271 Å². The molecule has 12 heteroatoms. The SMILES string of the molecule is COc1ccc(C(C(=O)Nc2ccc(N3CCOCC3)cc2)N(Cc2ccccc2F)C(=O)Cn2nnc3ccccc32)cc1OC. The highest BCUT2D eigenvalue weighted by Crippen LogP contribution is 2.34. The molecule has 1 aromatic heterocycles. The molecule has 6 rings (SSSR count). The van der Waals surface area contributed by atoms with Crippen molar-refractivity contribution >= 4 is 34.2 Å². The molecule has 1 N–H and O–H groups in total. The predicted octanol–water partition coefficient (Wildman–Crippen LogP) is 4.83. The summed E-state index contributed by atoms with van der Waals surface area (Å²) in [5, 5.41) is 11.3. The zero-order valence-electron chi connectivity index (χ0n) is 26.1. The molecule has 242 valence electrons. The van der Waals surface area contributed by atoms with E-state index in [9.17, 15) is 9.59 Å². The van der Waals surface area contributed by atoms with E-state index in [1.165, 1.54) is 29.9 Å². The molecule has 1 saturated heterocycles. The molecule has 11 nitrogen and oxygen atoms in total. The number of amides is 2. The molecule has 47 heavy (non-hydrogen) atoms. The highest BCUT2D eigenvalue weighted by Gasteiger charge is 2.33. The molecule has 0 aliphatic carbocycles. The van der Waals surface area contributed by atoms with Gasteiger partial charge in [-0.3, -0.25) is 9.59 Å². The number of nitrogens with one attached hydrogen (secondary N) is 1. The Morgan fingerprint density at radius 1 is 0.936 bits per heavy atom. The normalized spacial score (nSPS) is 13.6. The lowest BCUT2D eigenvalue weighted by molar-refractivity contribution is -0.140. The Balaban J connectivity index is 1.38. The maximum absolute atomic E-state index is 15.1. The quantitative estimate of drug-likeness (QED) is 0.219. The number of halogens is 1. The third kappa shape index (κ3) is 7.02. The number of carbonyl (C=O) groups is 2. The maximum atomic E-state index is 15.1. The fourth-order valence-electron chi connectivity index (χ4n) is 5.67. The van der Waals surface area contributed by atoms with Crippen LogP contribution in [0.4, 0.5) is 15.8 Å². The van der Waals surface area contributed by atoms with Crippen molar-refractivity contribution in [2.45, 2.75) is 19.1 Å². The summed E-state index contributed by atoms with van der Waals surface area (Å²) < 4.78 is 33.0. The van der Waals surface area contributed by atoms with Crippen LogP contribution >= 0.6 is 0 Å². The number of rotatable bonds is 11. The lowest BCUT2D eigenvalue weighted by Crippen LogP contribution is -2.42. The zero-order valence-corrected chi connectivity index (χ0v) is 26.1. The molecular formula is C35H35FN6O5. The number of aromatic nitrogens is 3. The molecule has 1 atom stereocenters. The molecule has 1 fully saturated rings. The van der Waals surface area contributed by atoms with E-state index in [1.807, 2.05) is 42.5 Å². The first kappa shape index (κ1) is 31.5. The van der Waals surface area contributed by atoms with Gasteiger partial charge in [-0.1, -0.05) is 41.6 Å². The lowest BCUT2D eigenvalue weighted by atomic mass is 10.0. The number of hydrogen-bond acceptors (Lipinski definition) is 8. The average Bonchev–Trinajstić information content (AvgIpc) is 3.51. The van der Waals surface area contributed by atoms with Crippen molar-refractivity contribution < 1.29 is 28.2 Å². The highest BCUT2D eigenvalue weighted by molar-refractivity contribution is 5.98. The van der Waals surface area contributed by atoms with Gasteiger partial charge in [0.2, 0.25) is 5.91 Å². The minimum atomic E-state index is -1.20. The number of morpholine rings is 1. The number of fused-ring (bicyclic) bond motifs is 1. The van der Waals surface area contributed by atoms with E-state index in [-0.39, 0.29) is 18.7 Å². The van der Waals surface area contributed by atoms with E-state index in [0.717, 1.165) is 18.8 Å². The fraction of sp³-hybridized carbons (Fsp3) is 0.257. The number of anilines is 2. The van der Waals surface area contributed by atoms with E-state index in [4.69, 9.17) is 14.2 Å². The van der Waals surface area contributed by atoms with Crippen LogP contribution in [-0.2, 0) is 27.4 Å². The second-order valence-electron chi connectivity index (χ2n) is 11.0. The Morgan fingerprint density at radius 3 is 2.40 bits per heavy atom. The van der Waals surface area contributed by atoms with Crippen molar-refractivity contribution in [3.05, 3.63) is 108 Å². The number of nitrogens with zero attached hydrogens (tertiary/aromatic N) is 5. The first-order chi connectivity index (χ1) is 22.9. The number of ether oxygens (including phenoxy) is 3. The van der Waals surface area contributed by atoms with Crippen molar-refractivity contribution in [2.24, 2.45) is 0 Å². The van der Waals surface area contributed by atoms with E-state index in [0.29, 0.717) is 47.0 Å². The monoisotopic (exact) mass is 638 g/mol. The van der Waals surface area contributed by atoms with Gasteiger partial charge in [0.25, 0.3) is 5.91 Å². The van der Waals surface area contributed by atoms with Crippen LogP contribution in [0.3, 0.4) is 0 Å². The first-order valence-electron chi connectivity index (χ1n) is 15.2. The minimum absolute atomic E-state index is 0.194. The number of hydrogen-bond donors (Lipinski definition) is 1. The summed E-state index contributed by atoms with van der Waals surface area (Å²) in [7, 11) is 3.00. The number of carbonyl (C=O) groups excluding carboxylic acids is 2. The maximum Gasteiger partial charge on any atom is 0.251 e. The van der Waals surface area contributed by atoms with Crippen molar-refractivity contribution in [3.8, 4) is 11.5 Å². The number of para-hydroxylation sites is 1. The molecule has 0 spiro atoms.